The van der Waals surface area contributed by atoms with Gasteiger partial charge in [-0.15, -0.1) is 24.0 Å². The van der Waals surface area contributed by atoms with Crippen molar-refractivity contribution in [1.29, 1.82) is 0 Å². The predicted octanol–water partition coefficient (Wildman–Crippen LogP) is 4.83. The highest BCUT2D eigenvalue weighted by Gasteiger charge is 2.23. The van der Waals surface area contributed by atoms with Gasteiger partial charge in [0.2, 0.25) is 0 Å². The zero-order valence-corrected chi connectivity index (χ0v) is 18.6. The average molecular weight is 495 g/mol. The molecular weight excluding hydrogens is 465 g/mol. The summed E-state index contributed by atoms with van der Waals surface area (Å²) < 4.78 is 11.2. The second-order valence-electron chi connectivity index (χ2n) is 7.41. The first-order valence-electron chi connectivity index (χ1n) is 10.2. The van der Waals surface area contributed by atoms with Crippen molar-refractivity contribution >= 4 is 29.9 Å². The molecule has 0 spiro atoms. The Balaban J connectivity index is 0.00000225. The molecule has 28 heavy (non-hydrogen) atoms. The zero-order chi connectivity index (χ0) is 18.3. The van der Waals surface area contributed by atoms with E-state index >= 15 is 0 Å². The molecule has 2 aromatic rings. The van der Waals surface area contributed by atoms with Crippen LogP contribution in [0.15, 0.2) is 52.1 Å². The van der Waals surface area contributed by atoms with E-state index in [0.717, 1.165) is 36.9 Å². The van der Waals surface area contributed by atoms with Crippen LogP contribution >= 0.6 is 24.0 Å². The lowest BCUT2D eigenvalue weighted by Crippen LogP contribution is -2.46. The van der Waals surface area contributed by atoms with Gasteiger partial charge in [0.05, 0.1) is 18.9 Å². The second-order valence-corrected chi connectivity index (χ2v) is 7.41. The summed E-state index contributed by atoms with van der Waals surface area (Å²) in [6, 6.07) is 13.0. The number of guanidine groups is 1. The molecule has 4 rings (SSSR count). The van der Waals surface area contributed by atoms with Crippen LogP contribution < -0.4 is 15.4 Å². The van der Waals surface area contributed by atoms with Crippen LogP contribution in [0.4, 0.5) is 0 Å². The lowest BCUT2D eigenvalue weighted by molar-refractivity contribution is 0.261. The maximum atomic E-state index is 5.80. The highest BCUT2D eigenvalue weighted by Crippen LogP contribution is 2.31. The average Bonchev–Trinajstić information content (AvgIpc) is 3.22. The molecule has 1 aromatic carbocycles. The number of rotatable bonds is 5. The highest BCUT2D eigenvalue weighted by atomic mass is 127. The number of halogens is 1. The first kappa shape index (κ1) is 21.0. The van der Waals surface area contributed by atoms with Crippen LogP contribution in [0, 0.1) is 0 Å². The third kappa shape index (κ3) is 5.65. The van der Waals surface area contributed by atoms with Gasteiger partial charge in [0.25, 0.3) is 0 Å². The fourth-order valence-corrected chi connectivity index (χ4v) is 3.96. The van der Waals surface area contributed by atoms with Gasteiger partial charge in [-0.1, -0.05) is 37.5 Å². The van der Waals surface area contributed by atoms with Crippen molar-refractivity contribution in [2.24, 2.45) is 4.99 Å². The van der Waals surface area contributed by atoms with Crippen molar-refractivity contribution in [2.75, 3.05) is 13.2 Å². The van der Waals surface area contributed by atoms with Crippen molar-refractivity contribution in [2.45, 2.75) is 57.0 Å². The predicted molar refractivity (Wildman–Crippen MR) is 123 cm³/mol. The van der Waals surface area contributed by atoms with Gasteiger partial charge in [-0.3, -0.25) is 4.99 Å². The molecule has 2 N–H and O–H groups in total. The molecule has 0 bridgehead atoms. The highest BCUT2D eigenvalue weighted by molar-refractivity contribution is 14.0. The summed E-state index contributed by atoms with van der Waals surface area (Å²) in [4.78, 5) is 4.85. The first-order chi connectivity index (χ1) is 13.4. The number of nitrogens with zero attached hydrogens (tertiary/aromatic N) is 1. The van der Waals surface area contributed by atoms with E-state index in [-0.39, 0.29) is 30.0 Å². The molecule has 0 amide bonds. The van der Waals surface area contributed by atoms with Crippen LogP contribution in [-0.4, -0.2) is 25.2 Å². The fraction of sp³-hybridized carbons (Fsp3) is 0.500. The molecule has 1 aromatic heterocycles. The van der Waals surface area contributed by atoms with E-state index in [4.69, 9.17) is 14.1 Å². The maximum absolute atomic E-state index is 5.80. The SMILES string of the molecule is I.c1coc(CCN=C(NC2CCCCC2)NC2CCOc3ccccc32)c1. The molecule has 1 fully saturated rings. The van der Waals surface area contributed by atoms with Crippen molar-refractivity contribution in [3.8, 4) is 5.75 Å². The van der Waals surface area contributed by atoms with Crippen LogP contribution in [-0.2, 0) is 6.42 Å². The van der Waals surface area contributed by atoms with Crippen molar-refractivity contribution in [3.63, 3.8) is 0 Å². The van der Waals surface area contributed by atoms with Crippen LogP contribution in [0.1, 0.15) is 55.9 Å². The molecular formula is C22H30IN3O2. The lowest BCUT2D eigenvalue weighted by Gasteiger charge is -2.30. The smallest absolute Gasteiger partial charge is 0.191 e. The van der Waals surface area contributed by atoms with Gasteiger partial charge >= 0.3 is 0 Å². The van der Waals surface area contributed by atoms with Crippen molar-refractivity contribution in [1.82, 2.24) is 10.6 Å². The quantitative estimate of drug-likeness (QED) is 0.355. The normalized spacial score (nSPS) is 19.9. The summed E-state index contributed by atoms with van der Waals surface area (Å²) in [5, 5.41) is 7.35. The second kappa shape index (κ2) is 10.7. The van der Waals surface area contributed by atoms with Crippen molar-refractivity contribution in [3.05, 3.63) is 54.0 Å². The number of hydrogen-bond donors (Lipinski definition) is 2. The van der Waals surface area contributed by atoms with Crippen LogP contribution in [0.2, 0.25) is 0 Å². The minimum absolute atomic E-state index is 0. The van der Waals surface area contributed by atoms with Crippen LogP contribution in [0.5, 0.6) is 5.75 Å². The van der Waals surface area contributed by atoms with Gasteiger partial charge in [0.1, 0.15) is 11.5 Å². The topological polar surface area (TPSA) is 58.8 Å². The van der Waals surface area contributed by atoms with E-state index in [1.165, 1.54) is 37.7 Å². The van der Waals surface area contributed by atoms with E-state index in [0.29, 0.717) is 12.6 Å². The Kier molecular flexibility index (Phi) is 8.06. The Morgan fingerprint density at radius 1 is 1.00 bits per heavy atom. The monoisotopic (exact) mass is 495 g/mol. The van der Waals surface area contributed by atoms with Gasteiger partial charge < -0.3 is 19.8 Å². The Morgan fingerprint density at radius 3 is 2.68 bits per heavy atom. The number of aliphatic imine (C=N–C) groups is 1. The Labute approximate surface area is 184 Å². The number of hydrogen-bond acceptors (Lipinski definition) is 3. The van der Waals surface area contributed by atoms with Crippen molar-refractivity contribution < 1.29 is 9.15 Å². The zero-order valence-electron chi connectivity index (χ0n) is 16.2. The van der Waals surface area contributed by atoms with Gasteiger partial charge in [0.15, 0.2) is 5.96 Å². The molecule has 6 heteroatoms. The largest absolute Gasteiger partial charge is 0.493 e. The van der Waals surface area contributed by atoms with E-state index in [9.17, 15) is 0 Å². The summed E-state index contributed by atoms with van der Waals surface area (Å²) in [6.07, 6.45) is 9.89. The number of fused-ring (bicyclic) bond motifs is 1. The molecule has 152 valence electrons. The third-order valence-electron chi connectivity index (χ3n) is 5.42. The molecule has 2 heterocycles. The molecule has 1 aliphatic heterocycles. The minimum atomic E-state index is 0. The van der Waals surface area contributed by atoms with Gasteiger partial charge in [0, 0.05) is 31.0 Å². The van der Waals surface area contributed by atoms with Gasteiger partial charge in [-0.2, -0.15) is 0 Å². The fourth-order valence-electron chi connectivity index (χ4n) is 3.96. The van der Waals surface area contributed by atoms with Crippen LogP contribution in [0.3, 0.4) is 0 Å². The van der Waals surface area contributed by atoms with Gasteiger partial charge in [-0.05, 0) is 31.0 Å². The number of ether oxygens (including phenoxy) is 1. The maximum Gasteiger partial charge on any atom is 0.191 e. The Bertz CT molecular complexity index is 742. The number of para-hydroxylation sites is 1. The molecule has 1 saturated carbocycles. The summed E-state index contributed by atoms with van der Waals surface area (Å²) in [6.45, 7) is 1.44. The Morgan fingerprint density at radius 2 is 1.86 bits per heavy atom. The molecule has 5 nitrogen and oxygen atoms in total. The third-order valence-corrected chi connectivity index (χ3v) is 5.42. The first-order valence-corrected chi connectivity index (χ1v) is 10.2. The van der Waals surface area contributed by atoms with E-state index in [1.807, 2.05) is 24.3 Å². The molecule has 2 aliphatic rings. The summed E-state index contributed by atoms with van der Waals surface area (Å²) in [7, 11) is 0. The van der Waals surface area contributed by atoms with Crippen LogP contribution in [0.25, 0.3) is 0 Å². The molecule has 1 aliphatic carbocycles. The molecule has 0 radical (unpaired) electrons. The molecule has 0 saturated heterocycles. The summed E-state index contributed by atoms with van der Waals surface area (Å²) >= 11 is 0. The van der Waals surface area contributed by atoms with E-state index in [1.54, 1.807) is 6.26 Å². The van der Waals surface area contributed by atoms with Gasteiger partial charge in [-0.25, -0.2) is 0 Å². The van der Waals surface area contributed by atoms with E-state index < -0.39 is 0 Å². The molecule has 1 atom stereocenters. The summed E-state index contributed by atoms with van der Waals surface area (Å²) in [5.41, 5.74) is 1.22. The Hall–Kier alpha value is -1.70. The minimum Gasteiger partial charge on any atom is -0.493 e. The number of furan rings is 1. The summed E-state index contributed by atoms with van der Waals surface area (Å²) in [5.74, 6) is 2.87. The lowest BCUT2D eigenvalue weighted by atomic mass is 9.95. The standard InChI is InChI=1S/C22H29N3O2.HI/c1-2-7-17(8-3-1)24-22(23-14-12-18-9-6-15-26-18)25-20-13-16-27-21-11-5-4-10-19(20)21;/h4-6,9-11,15,17,20H,1-3,7-8,12-14,16H2,(H2,23,24,25);1H. The van der Waals surface area contributed by atoms with E-state index in [2.05, 4.69) is 22.8 Å². The number of nitrogens with one attached hydrogen (secondary N) is 2. The molecule has 1 unspecified atom stereocenters. The number of benzene rings is 1.